The minimum absolute atomic E-state index is 0.465. The third-order valence-electron chi connectivity index (χ3n) is 1.99. The molecule has 0 aromatic carbocycles. The van der Waals surface area contributed by atoms with E-state index >= 15 is 0 Å². The van der Waals surface area contributed by atoms with Gasteiger partial charge in [-0.2, -0.15) is 0 Å². The number of hydrogen-bond donors (Lipinski definition) is 1. The fraction of sp³-hybridized carbons (Fsp3) is 0.444. The molecule has 1 saturated heterocycles. The molecule has 2 heterocycles. The van der Waals surface area contributed by atoms with Gasteiger partial charge >= 0.3 is 0 Å². The van der Waals surface area contributed by atoms with Gasteiger partial charge in [0.05, 0.1) is 10.9 Å². The van der Waals surface area contributed by atoms with Crippen molar-refractivity contribution >= 4 is 23.4 Å². The smallest absolute Gasteiger partial charge is 0.129 e. The minimum Gasteiger partial charge on any atom is -0.314 e. The lowest BCUT2D eigenvalue weighted by atomic mass is 10.2. The molecule has 70 valence electrons. The van der Waals surface area contributed by atoms with E-state index in [1.54, 1.807) is 0 Å². The summed E-state index contributed by atoms with van der Waals surface area (Å²) in [5.41, 5.74) is 1.09. The zero-order chi connectivity index (χ0) is 9.10. The number of aromatic nitrogens is 1. The molecule has 1 unspecified atom stereocenters. The van der Waals surface area contributed by atoms with Crippen LogP contribution in [0.25, 0.3) is 0 Å². The number of pyridine rings is 1. The van der Waals surface area contributed by atoms with Gasteiger partial charge in [-0.25, -0.2) is 4.98 Å². The van der Waals surface area contributed by atoms with Crippen molar-refractivity contribution in [3.8, 4) is 0 Å². The Morgan fingerprint density at radius 1 is 1.54 bits per heavy atom. The molecule has 1 fully saturated rings. The summed E-state index contributed by atoms with van der Waals surface area (Å²) in [5.74, 6) is 1.15. The van der Waals surface area contributed by atoms with Crippen molar-refractivity contribution in [2.75, 3.05) is 18.8 Å². The first-order chi connectivity index (χ1) is 6.36. The molecule has 1 N–H and O–H groups in total. The van der Waals surface area contributed by atoms with E-state index in [1.807, 2.05) is 30.0 Å². The topological polar surface area (TPSA) is 24.9 Å². The molecular formula is C9H11ClN2S. The van der Waals surface area contributed by atoms with Gasteiger partial charge in [0.25, 0.3) is 0 Å². The third-order valence-corrected chi connectivity index (χ3v) is 3.45. The fourth-order valence-electron chi connectivity index (χ4n) is 1.36. The summed E-state index contributed by atoms with van der Waals surface area (Å²) in [5, 5.41) is 4.40. The second-order valence-corrected chi connectivity index (χ2v) is 4.65. The molecule has 1 aliphatic rings. The van der Waals surface area contributed by atoms with E-state index in [9.17, 15) is 0 Å². The molecule has 0 amide bonds. The molecule has 0 radical (unpaired) electrons. The summed E-state index contributed by atoms with van der Waals surface area (Å²) in [7, 11) is 0. The van der Waals surface area contributed by atoms with E-state index in [0.717, 1.165) is 24.5 Å². The molecule has 0 bridgehead atoms. The Labute approximate surface area is 87.1 Å². The van der Waals surface area contributed by atoms with E-state index in [4.69, 9.17) is 11.6 Å². The van der Waals surface area contributed by atoms with Crippen LogP contribution in [0.2, 0.25) is 5.15 Å². The predicted octanol–water partition coefficient (Wildman–Crippen LogP) is 2.11. The SMILES string of the molecule is Clc1cccc(C2CNCCS2)n1. The number of hydrogen-bond acceptors (Lipinski definition) is 3. The third kappa shape index (κ3) is 2.36. The Bertz CT molecular complexity index is 287. The van der Waals surface area contributed by atoms with Crippen molar-refractivity contribution in [3.63, 3.8) is 0 Å². The second kappa shape index (κ2) is 4.31. The van der Waals surface area contributed by atoms with Crippen LogP contribution in [0.3, 0.4) is 0 Å². The van der Waals surface area contributed by atoms with Crippen LogP contribution < -0.4 is 5.32 Å². The highest BCUT2D eigenvalue weighted by Gasteiger charge is 2.16. The average molecular weight is 215 g/mol. The van der Waals surface area contributed by atoms with Crippen LogP contribution in [0.1, 0.15) is 10.9 Å². The van der Waals surface area contributed by atoms with Gasteiger partial charge in [0, 0.05) is 18.8 Å². The molecule has 4 heteroatoms. The minimum atomic E-state index is 0.465. The van der Waals surface area contributed by atoms with E-state index < -0.39 is 0 Å². The van der Waals surface area contributed by atoms with Gasteiger partial charge in [0.2, 0.25) is 0 Å². The van der Waals surface area contributed by atoms with Gasteiger partial charge in [-0.05, 0) is 12.1 Å². The Kier molecular flexibility index (Phi) is 3.09. The van der Waals surface area contributed by atoms with Crippen LogP contribution in [0, 0.1) is 0 Å². The maximum absolute atomic E-state index is 5.82. The Hall–Kier alpha value is -0.250. The van der Waals surface area contributed by atoms with Crippen molar-refractivity contribution in [1.29, 1.82) is 0 Å². The van der Waals surface area contributed by atoms with Crippen LogP contribution in [0.4, 0.5) is 0 Å². The van der Waals surface area contributed by atoms with Crippen LogP contribution in [0.5, 0.6) is 0 Å². The van der Waals surface area contributed by atoms with Gasteiger partial charge < -0.3 is 5.32 Å². The van der Waals surface area contributed by atoms with Crippen molar-refractivity contribution in [3.05, 3.63) is 29.0 Å². The van der Waals surface area contributed by atoms with Crippen LogP contribution >= 0.6 is 23.4 Å². The average Bonchev–Trinajstić information content (AvgIpc) is 2.19. The maximum atomic E-state index is 5.82. The summed E-state index contributed by atoms with van der Waals surface area (Å²) in [6.45, 7) is 2.10. The van der Waals surface area contributed by atoms with Crippen molar-refractivity contribution in [2.24, 2.45) is 0 Å². The van der Waals surface area contributed by atoms with Crippen LogP contribution in [-0.2, 0) is 0 Å². The molecule has 13 heavy (non-hydrogen) atoms. The first-order valence-corrected chi connectivity index (χ1v) is 5.74. The normalized spacial score (nSPS) is 23.0. The Morgan fingerprint density at radius 2 is 2.46 bits per heavy atom. The number of nitrogens with one attached hydrogen (secondary N) is 1. The molecular weight excluding hydrogens is 204 g/mol. The van der Waals surface area contributed by atoms with Crippen molar-refractivity contribution in [2.45, 2.75) is 5.25 Å². The first-order valence-electron chi connectivity index (χ1n) is 4.31. The fourth-order valence-corrected chi connectivity index (χ4v) is 2.61. The highest BCUT2D eigenvalue weighted by Crippen LogP contribution is 2.29. The molecule has 0 aliphatic carbocycles. The van der Waals surface area contributed by atoms with E-state index in [-0.39, 0.29) is 0 Å². The van der Waals surface area contributed by atoms with Gasteiger partial charge in [-0.3, -0.25) is 0 Å². The number of rotatable bonds is 1. The van der Waals surface area contributed by atoms with E-state index in [2.05, 4.69) is 10.3 Å². The van der Waals surface area contributed by atoms with Gasteiger partial charge in [0.1, 0.15) is 5.15 Å². The lowest BCUT2D eigenvalue weighted by molar-refractivity contribution is 0.680. The molecule has 1 aliphatic heterocycles. The number of nitrogens with zero attached hydrogens (tertiary/aromatic N) is 1. The molecule has 1 aromatic rings. The Balaban J connectivity index is 2.14. The van der Waals surface area contributed by atoms with Gasteiger partial charge in [-0.15, -0.1) is 11.8 Å². The summed E-state index contributed by atoms with van der Waals surface area (Å²) in [6, 6.07) is 5.81. The summed E-state index contributed by atoms with van der Waals surface area (Å²) < 4.78 is 0. The largest absolute Gasteiger partial charge is 0.314 e. The maximum Gasteiger partial charge on any atom is 0.129 e. The standard InChI is InChI=1S/C9H11ClN2S/c10-9-3-1-2-7(12-9)8-6-11-4-5-13-8/h1-3,8,11H,4-6H2. The molecule has 0 spiro atoms. The van der Waals surface area contributed by atoms with Crippen LogP contribution in [-0.4, -0.2) is 23.8 Å². The van der Waals surface area contributed by atoms with E-state index in [0.29, 0.717) is 10.4 Å². The van der Waals surface area contributed by atoms with E-state index in [1.165, 1.54) is 0 Å². The molecule has 2 nitrogen and oxygen atoms in total. The second-order valence-electron chi connectivity index (χ2n) is 2.95. The lowest BCUT2D eigenvalue weighted by Gasteiger charge is -2.21. The highest BCUT2D eigenvalue weighted by molar-refractivity contribution is 7.99. The summed E-state index contributed by atoms with van der Waals surface area (Å²) in [4.78, 5) is 4.30. The Morgan fingerprint density at radius 3 is 3.15 bits per heavy atom. The van der Waals surface area contributed by atoms with Gasteiger partial charge in [0.15, 0.2) is 0 Å². The highest BCUT2D eigenvalue weighted by atomic mass is 35.5. The summed E-state index contributed by atoms with van der Waals surface area (Å²) >= 11 is 7.76. The van der Waals surface area contributed by atoms with Crippen molar-refractivity contribution in [1.82, 2.24) is 10.3 Å². The molecule has 1 atom stereocenters. The predicted molar refractivity (Wildman–Crippen MR) is 57.3 cm³/mol. The first kappa shape index (κ1) is 9.31. The summed E-state index contributed by atoms with van der Waals surface area (Å²) in [6.07, 6.45) is 0. The molecule has 2 rings (SSSR count). The number of halogens is 1. The zero-order valence-electron chi connectivity index (χ0n) is 7.16. The quantitative estimate of drug-likeness (QED) is 0.725. The number of thioether (sulfide) groups is 1. The molecule has 1 aromatic heterocycles. The zero-order valence-corrected chi connectivity index (χ0v) is 8.74. The lowest BCUT2D eigenvalue weighted by Crippen LogP contribution is -2.28. The molecule has 0 saturated carbocycles. The van der Waals surface area contributed by atoms with Crippen molar-refractivity contribution < 1.29 is 0 Å². The monoisotopic (exact) mass is 214 g/mol. The van der Waals surface area contributed by atoms with Crippen LogP contribution in [0.15, 0.2) is 18.2 Å². The van der Waals surface area contributed by atoms with Gasteiger partial charge in [-0.1, -0.05) is 17.7 Å².